The van der Waals surface area contributed by atoms with Crippen LogP contribution in [0.2, 0.25) is 0 Å². The molecule has 0 unspecified atom stereocenters. The van der Waals surface area contributed by atoms with Gasteiger partial charge >= 0.3 is 5.69 Å². The lowest BCUT2D eigenvalue weighted by atomic mass is 10.2. The molecule has 2 heterocycles. The number of nitrogens with one attached hydrogen (secondary N) is 1. The number of nitrogens with zero attached hydrogens (tertiary/aromatic N) is 2. The van der Waals surface area contributed by atoms with E-state index >= 15 is 0 Å². The van der Waals surface area contributed by atoms with Crippen molar-refractivity contribution < 1.29 is 9.53 Å². The Kier molecular flexibility index (Phi) is 5.73. The number of aryl methyl sites for hydroxylation is 1. The molecule has 0 radical (unpaired) electrons. The van der Waals surface area contributed by atoms with Gasteiger partial charge in [-0.05, 0) is 49.1 Å². The number of benzene rings is 2. The topological polar surface area (TPSA) is 82.3 Å². The van der Waals surface area contributed by atoms with Gasteiger partial charge in [-0.3, -0.25) is 14.2 Å². The summed E-state index contributed by atoms with van der Waals surface area (Å²) in [5, 5.41) is 4.55. The molecule has 0 aliphatic heterocycles. The van der Waals surface area contributed by atoms with Gasteiger partial charge in [-0.15, -0.1) is 11.3 Å². The van der Waals surface area contributed by atoms with Crippen molar-refractivity contribution in [2.45, 2.75) is 20.4 Å². The van der Waals surface area contributed by atoms with E-state index in [1.165, 1.54) is 15.9 Å². The molecule has 7 nitrogen and oxygen atoms in total. The van der Waals surface area contributed by atoms with Crippen molar-refractivity contribution in [3.8, 4) is 11.4 Å². The van der Waals surface area contributed by atoms with Crippen molar-refractivity contribution in [3.05, 3.63) is 86.4 Å². The largest absolute Gasteiger partial charge is 0.492 e. The fraction of sp³-hybridized carbons (Fsp3) is 0.174. The van der Waals surface area contributed by atoms with Crippen LogP contribution in [0.4, 0.5) is 5.69 Å². The van der Waals surface area contributed by atoms with E-state index < -0.39 is 11.6 Å². The van der Waals surface area contributed by atoms with E-state index in [-0.39, 0.29) is 12.1 Å². The monoisotopic (exact) mass is 435 g/mol. The summed E-state index contributed by atoms with van der Waals surface area (Å²) < 4.78 is 8.44. The zero-order valence-corrected chi connectivity index (χ0v) is 17.9. The highest BCUT2D eigenvalue weighted by molar-refractivity contribution is 7.17. The number of fused-ring (bicyclic) bond motifs is 1. The van der Waals surface area contributed by atoms with Gasteiger partial charge in [0.15, 0.2) is 0 Å². The molecule has 0 aliphatic rings. The Labute approximate surface area is 182 Å². The van der Waals surface area contributed by atoms with Gasteiger partial charge in [0.05, 0.1) is 23.5 Å². The highest BCUT2D eigenvalue weighted by Crippen LogP contribution is 2.24. The fourth-order valence-corrected chi connectivity index (χ4v) is 4.28. The van der Waals surface area contributed by atoms with Crippen LogP contribution < -0.4 is 21.3 Å². The lowest BCUT2D eigenvalue weighted by Gasteiger charge is -2.15. The number of para-hydroxylation sites is 3. The van der Waals surface area contributed by atoms with Gasteiger partial charge in [-0.2, -0.15) is 0 Å². The highest BCUT2D eigenvalue weighted by Gasteiger charge is 2.19. The third-order valence-corrected chi connectivity index (χ3v) is 5.77. The number of carbonyl (C=O) groups excluding carboxylic acids is 1. The first-order chi connectivity index (χ1) is 15.0. The van der Waals surface area contributed by atoms with Gasteiger partial charge in [-0.1, -0.05) is 30.3 Å². The highest BCUT2D eigenvalue weighted by atomic mass is 32.1. The maximum Gasteiger partial charge on any atom is 0.336 e. The van der Waals surface area contributed by atoms with Gasteiger partial charge in [0.25, 0.3) is 5.56 Å². The molecular formula is C23H21N3O4S. The molecule has 2 aromatic heterocycles. The Hall–Kier alpha value is -3.65. The van der Waals surface area contributed by atoms with E-state index in [9.17, 15) is 14.4 Å². The van der Waals surface area contributed by atoms with Crippen molar-refractivity contribution in [3.63, 3.8) is 0 Å². The third kappa shape index (κ3) is 3.89. The second kappa shape index (κ2) is 8.61. The van der Waals surface area contributed by atoms with Gasteiger partial charge in [-0.25, -0.2) is 9.36 Å². The first-order valence-corrected chi connectivity index (χ1v) is 10.7. The zero-order valence-electron chi connectivity index (χ0n) is 17.1. The van der Waals surface area contributed by atoms with E-state index in [1.807, 2.05) is 32.0 Å². The number of hydrogen-bond donors (Lipinski definition) is 1. The van der Waals surface area contributed by atoms with Crippen molar-refractivity contribution >= 4 is 33.1 Å². The predicted molar refractivity (Wildman–Crippen MR) is 123 cm³/mol. The first kappa shape index (κ1) is 20.6. The van der Waals surface area contributed by atoms with Crippen LogP contribution in [-0.2, 0) is 11.3 Å². The Morgan fingerprint density at radius 3 is 2.58 bits per heavy atom. The van der Waals surface area contributed by atoms with Crippen LogP contribution in [0, 0.1) is 6.92 Å². The van der Waals surface area contributed by atoms with Crippen molar-refractivity contribution in [1.82, 2.24) is 9.13 Å². The molecule has 2 aromatic carbocycles. The predicted octanol–water partition coefficient (Wildman–Crippen LogP) is 3.56. The number of thiophene rings is 1. The molecule has 0 bridgehead atoms. The van der Waals surface area contributed by atoms with Gasteiger partial charge < -0.3 is 10.1 Å². The van der Waals surface area contributed by atoms with Crippen molar-refractivity contribution in [2.24, 2.45) is 0 Å². The lowest BCUT2D eigenvalue weighted by Crippen LogP contribution is -2.40. The standard InChI is InChI=1S/C23H21N3O4S/c1-3-30-19-11-7-5-9-16(19)24-20(27)14-25-18-12-13-31-21(18)22(28)26(23(25)29)17-10-6-4-8-15(17)2/h4-13H,3,14H2,1-2H3,(H,24,27). The molecular weight excluding hydrogens is 414 g/mol. The van der Waals surface area contributed by atoms with Crippen LogP contribution in [-0.4, -0.2) is 21.6 Å². The van der Waals surface area contributed by atoms with E-state index in [0.29, 0.717) is 33.9 Å². The van der Waals surface area contributed by atoms with E-state index in [4.69, 9.17) is 4.74 Å². The maximum atomic E-state index is 13.3. The molecule has 158 valence electrons. The fourth-order valence-electron chi connectivity index (χ4n) is 3.45. The molecule has 0 fully saturated rings. The Bertz CT molecular complexity index is 1380. The minimum atomic E-state index is -0.557. The molecule has 8 heteroatoms. The van der Waals surface area contributed by atoms with Crippen molar-refractivity contribution in [1.29, 1.82) is 0 Å². The average Bonchev–Trinajstić information content (AvgIpc) is 3.24. The molecule has 4 rings (SSSR count). The number of rotatable bonds is 6. The smallest absolute Gasteiger partial charge is 0.336 e. The lowest BCUT2D eigenvalue weighted by molar-refractivity contribution is -0.116. The second-order valence-corrected chi connectivity index (χ2v) is 7.82. The van der Waals surface area contributed by atoms with Crippen LogP contribution >= 0.6 is 11.3 Å². The van der Waals surface area contributed by atoms with Gasteiger partial charge in [0, 0.05) is 0 Å². The molecule has 31 heavy (non-hydrogen) atoms. The SMILES string of the molecule is CCOc1ccccc1NC(=O)Cn1c(=O)n(-c2ccccc2C)c(=O)c2sccc21. The molecule has 1 N–H and O–H groups in total. The normalized spacial score (nSPS) is 10.9. The summed E-state index contributed by atoms with van der Waals surface area (Å²) in [5.41, 5.74) is 1.32. The van der Waals surface area contributed by atoms with Crippen LogP contribution in [0.15, 0.2) is 69.6 Å². The quantitative estimate of drug-likeness (QED) is 0.502. The summed E-state index contributed by atoms with van der Waals surface area (Å²) in [5.74, 6) is 0.160. The zero-order chi connectivity index (χ0) is 22.0. The third-order valence-electron chi connectivity index (χ3n) is 4.87. The number of aromatic nitrogens is 2. The molecule has 1 amide bonds. The Morgan fingerprint density at radius 1 is 1.06 bits per heavy atom. The minimum absolute atomic E-state index is 0.237. The van der Waals surface area contributed by atoms with Crippen LogP contribution in [0.3, 0.4) is 0 Å². The molecule has 4 aromatic rings. The van der Waals surface area contributed by atoms with Crippen LogP contribution in [0.1, 0.15) is 12.5 Å². The summed E-state index contributed by atoms with van der Waals surface area (Å²) in [6, 6.07) is 16.0. The van der Waals surface area contributed by atoms with Gasteiger partial charge in [0.1, 0.15) is 17.0 Å². The summed E-state index contributed by atoms with van der Waals surface area (Å²) in [6.07, 6.45) is 0. The molecule has 0 saturated heterocycles. The maximum absolute atomic E-state index is 13.3. The Balaban J connectivity index is 1.78. The summed E-state index contributed by atoms with van der Waals surface area (Å²) >= 11 is 1.25. The number of hydrogen-bond acceptors (Lipinski definition) is 5. The second-order valence-electron chi connectivity index (χ2n) is 6.91. The van der Waals surface area contributed by atoms with E-state index in [1.54, 1.807) is 41.8 Å². The Morgan fingerprint density at radius 2 is 1.81 bits per heavy atom. The summed E-state index contributed by atoms with van der Waals surface area (Å²) in [7, 11) is 0. The molecule has 0 atom stereocenters. The minimum Gasteiger partial charge on any atom is -0.492 e. The van der Waals surface area contributed by atoms with E-state index in [0.717, 1.165) is 10.1 Å². The number of amides is 1. The summed E-state index contributed by atoms with van der Waals surface area (Å²) in [4.78, 5) is 39.2. The van der Waals surface area contributed by atoms with Crippen LogP contribution in [0.5, 0.6) is 5.75 Å². The first-order valence-electron chi connectivity index (χ1n) is 9.82. The number of ether oxygens (including phenoxy) is 1. The van der Waals surface area contributed by atoms with E-state index in [2.05, 4.69) is 5.32 Å². The van der Waals surface area contributed by atoms with Crippen molar-refractivity contribution in [2.75, 3.05) is 11.9 Å². The van der Waals surface area contributed by atoms with Gasteiger partial charge in [0.2, 0.25) is 5.91 Å². The molecule has 0 aliphatic carbocycles. The number of anilines is 1. The number of carbonyl (C=O) groups is 1. The average molecular weight is 436 g/mol. The summed E-state index contributed by atoms with van der Waals surface area (Å²) in [6.45, 7) is 3.92. The molecule has 0 spiro atoms. The molecule has 0 saturated carbocycles. The van der Waals surface area contributed by atoms with Crippen LogP contribution in [0.25, 0.3) is 15.9 Å².